The van der Waals surface area contributed by atoms with Crippen LogP contribution in [0, 0.1) is 6.07 Å². The van der Waals surface area contributed by atoms with Crippen molar-refractivity contribution >= 4 is 0 Å². The Morgan fingerprint density at radius 2 is 1.69 bits per heavy atom. The van der Waals surface area contributed by atoms with Crippen molar-refractivity contribution in [2.24, 2.45) is 0 Å². The van der Waals surface area contributed by atoms with Crippen LogP contribution >= 0.6 is 0 Å². The molecule has 1 heteroatoms. The zero-order valence-corrected chi connectivity index (χ0v) is 7.93. The van der Waals surface area contributed by atoms with E-state index in [-0.39, 0.29) is 6.67 Å². The number of alkyl halides is 1. The molecule has 1 aromatic carbocycles. The summed E-state index contributed by atoms with van der Waals surface area (Å²) in [6.45, 7) is -0.166. The Labute approximate surface area is 79.8 Å². The summed E-state index contributed by atoms with van der Waals surface area (Å²) in [5.41, 5.74) is 1.36. The minimum absolute atomic E-state index is 0.166. The zero-order chi connectivity index (χ0) is 9.36. The van der Waals surface area contributed by atoms with E-state index in [4.69, 9.17) is 0 Å². The van der Waals surface area contributed by atoms with Gasteiger partial charge in [-0.1, -0.05) is 37.1 Å². The van der Waals surface area contributed by atoms with Gasteiger partial charge in [0.1, 0.15) is 0 Å². The molecule has 0 aliphatic heterocycles. The fraction of sp³-hybridized carbons (Fsp3) is 0.500. The highest BCUT2D eigenvalue weighted by Crippen LogP contribution is 2.07. The number of hydrogen-bond acceptors (Lipinski definition) is 0. The summed E-state index contributed by atoms with van der Waals surface area (Å²) in [5, 5.41) is 0. The van der Waals surface area contributed by atoms with Crippen molar-refractivity contribution < 1.29 is 4.39 Å². The lowest BCUT2D eigenvalue weighted by Gasteiger charge is -1.99. The fourth-order valence-electron chi connectivity index (χ4n) is 1.37. The molecule has 0 N–H and O–H groups in total. The third-order valence-corrected chi connectivity index (χ3v) is 2.14. The molecule has 1 aromatic rings. The lowest BCUT2D eigenvalue weighted by atomic mass is 10.1. The summed E-state index contributed by atoms with van der Waals surface area (Å²) >= 11 is 0. The van der Waals surface area contributed by atoms with Crippen LogP contribution in [-0.2, 0) is 6.42 Å². The van der Waals surface area contributed by atoms with Crippen molar-refractivity contribution in [3.8, 4) is 0 Å². The summed E-state index contributed by atoms with van der Waals surface area (Å²) in [4.78, 5) is 0. The van der Waals surface area contributed by atoms with E-state index in [0.29, 0.717) is 0 Å². The Balaban J connectivity index is 2.07. The van der Waals surface area contributed by atoms with E-state index in [1.807, 2.05) is 12.1 Å². The molecule has 1 radical (unpaired) electrons. The average molecular weight is 179 g/mol. The minimum Gasteiger partial charge on any atom is -0.251 e. The van der Waals surface area contributed by atoms with Gasteiger partial charge >= 0.3 is 0 Å². The molecule has 13 heavy (non-hydrogen) atoms. The highest BCUT2D eigenvalue weighted by molar-refractivity contribution is 5.13. The van der Waals surface area contributed by atoms with Gasteiger partial charge in [-0.05, 0) is 30.9 Å². The Morgan fingerprint density at radius 1 is 1.00 bits per heavy atom. The number of benzene rings is 1. The third-order valence-electron chi connectivity index (χ3n) is 2.14. The van der Waals surface area contributed by atoms with Crippen molar-refractivity contribution in [1.29, 1.82) is 0 Å². The first-order chi connectivity index (χ1) is 6.43. The van der Waals surface area contributed by atoms with Gasteiger partial charge in [-0.15, -0.1) is 0 Å². The summed E-state index contributed by atoms with van der Waals surface area (Å²) in [6.07, 6.45) is 5.17. The van der Waals surface area contributed by atoms with Gasteiger partial charge in [-0.3, -0.25) is 4.39 Å². The van der Waals surface area contributed by atoms with E-state index in [9.17, 15) is 4.39 Å². The smallest absolute Gasteiger partial charge is 0.0894 e. The Morgan fingerprint density at radius 3 is 2.38 bits per heavy atom. The standard InChI is InChI=1S/C12H16F/c13-11-7-2-1-4-8-12-9-5-3-6-10-12/h5-6,9-10H,1-2,4,7-8,11H2. The van der Waals surface area contributed by atoms with Crippen LogP contribution in [0.5, 0.6) is 0 Å². The molecule has 0 atom stereocenters. The number of hydrogen-bond donors (Lipinski definition) is 0. The molecule has 0 saturated heterocycles. The van der Waals surface area contributed by atoms with Crippen molar-refractivity contribution in [2.45, 2.75) is 32.1 Å². The highest BCUT2D eigenvalue weighted by Gasteiger charge is 1.92. The largest absolute Gasteiger partial charge is 0.251 e. The van der Waals surface area contributed by atoms with Crippen LogP contribution < -0.4 is 0 Å². The average Bonchev–Trinajstić information content (AvgIpc) is 2.19. The Kier molecular flexibility index (Phi) is 5.23. The number of halogens is 1. The molecule has 0 amide bonds. The van der Waals surface area contributed by atoms with Crippen molar-refractivity contribution in [3.63, 3.8) is 0 Å². The highest BCUT2D eigenvalue weighted by atomic mass is 19.1. The summed E-state index contributed by atoms with van der Waals surface area (Å²) in [5.74, 6) is 0. The van der Waals surface area contributed by atoms with Crippen LogP contribution in [0.25, 0.3) is 0 Å². The van der Waals surface area contributed by atoms with E-state index < -0.39 is 0 Å². The predicted octanol–water partition coefficient (Wildman–Crippen LogP) is 3.56. The quantitative estimate of drug-likeness (QED) is 0.586. The van der Waals surface area contributed by atoms with Crippen LogP contribution in [-0.4, -0.2) is 6.67 Å². The molecular weight excluding hydrogens is 163 g/mol. The maximum Gasteiger partial charge on any atom is 0.0894 e. The van der Waals surface area contributed by atoms with Crippen LogP contribution in [0.15, 0.2) is 24.3 Å². The summed E-state index contributed by atoms with van der Waals surface area (Å²) in [7, 11) is 0. The molecule has 0 unspecified atom stereocenters. The van der Waals surface area contributed by atoms with Gasteiger partial charge in [0.2, 0.25) is 0 Å². The molecule has 0 aromatic heterocycles. The SMILES string of the molecule is FCCCCCCc1cc[c]cc1. The predicted molar refractivity (Wildman–Crippen MR) is 53.4 cm³/mol. The minimum atomic E-state index is -0.166. The van der Waals surface area contributed by atoms with Crippen molar-refractivity contribution in [1.82, 2.24) is 0 Å². The second kappa shape index (κ2) is 6.64. The molecule has 0 aliphatic rings. The van der Waals surface area contributed by atoms with Gasteiger partial charge < -0.3 is 0 Å². The van der Waals surface area contributed by atoms with Gasteiger partial charge in [0.05, 0.1) is 6.67 Å². The second-order valence-electron chi connectivity index (χ2n) is 3.26. The van der Waals surface area contributed by atoms with Crippen LogP contribution in [0.1, 0.15) is 31.2 Å². The van der Waals surface area contributed by atoms with Crippen molar-refractivity contribution in [2.75, 3.05) is 6.67 Å². The maximum absolute atomic E-state index is 11.7. The first kappa shape index (κ1) is 10.2. The fourth-order valence-corrected chi connectivity index (χ4v) is 1.37. The zero-order valence-electron chi connectivity index (χ0n) is 7.93. The lowest BCUT2D eigenvalue weighted by molar-refractivity contribution is 0.453. The monoisotopic (exact) mass is 179 g/mol. The third kappa shape index (κ3) is 4.66. The molecule has 71 valence electrons. The molecule has 0 saturated carbocycles. The van der Waals surface area contributed by atoms with Gasteiger partial charge in [0.25, 0.3) is 0 Å². The van der Waals surface area contributed by atoms with E-state index >= 15 is 0 Å². The molecular formula is C12H16F. The number of rotatable bonds is 6. The molecule has 0 aliphatic carbocycles. The van der Waals surface area contributed by atoms with Crippen LogP contribution in [0.4, 0.5) is 4.39 Å². The van der Waals surface area contributed by atoms with E-state index in [1.54, 1.807) is 0 Å². The normalized spacial score (nSPS) is 10.2. The topological polar surface area (TPSA) is 0 Å². The van der Waals surface area contributed by atoms with Gasteiger partial charge in [-0.25, -0.2) is 0 Å². The summed E-state index contributed by atoms with van der Waals surface area (Å²) in [6, 6.07) is 11.1. The molecule has 0 bridgehead atoms. The van der Waals surface area contributed by atoms with E-state index in [0.717, 1.165) is 25.7 Å². The lowest BCUT2D eigenvalue weighted by Crippen LogP contribution is -1.85. The van der Waals surface area contributed by atoms with Gasteiger partial charge in [0, 0.05) is 0 Å². The van der Waals surface area contributed by atoms with Gasteiger partial charge in [0.15, 0.2) is 0 Å². The molecule has 0 fully saturated rings. The molecule has 0 nitrogen and oxygen atoms in total. The van der Waals surface area contributed by atoms with E-state index in [1.165, 1.54) is 12.0 Å². The van der Waals surface area contributed by atoms with Crippen LogP contribution in [0.3, 0.4) is 0 Å². The van der Waals surface area contributed by atoms with Crippen molar-refractivity contribution in [3.05, 3.63) is 35.9 Å². The second-order valence-corrected chi connectivity index (χ2v) is 3.26. The number of aryl methyl sites for hydroxylation is 1. The first-order valence-corrected chi connectivity index (χ1v) is 4.94. The summed E-state index contributed by atoms with van der Waals surface area (Å²) < 4.78 is 11.7. The Hall–Kier alpha value is -0.850. The van der Waals surface area contributed by atoms with E-state index in [2.05, 4.69) is 18.2 Å². The maximum atomic E-state index is 11.7. The van der Waals surface area contributed by atoms with Gasteiger partial charge in [-0.2, -0.15) is 0 Å². The molecule has 1 rings (SSSR count). The Bertz CT molecular complexity index is 206. The number of unbranched alkanes of at least 4 members (excludes halogenated alkanes) is 3. The van der Waals surface area contributed by atoms with Crippen LogP contribution in [0.2, 0.25) is 0 Å². The first-order valence-electron chi connectivity index (χ1n) is 4.94. The molecule has 0 spiro atoms. The molecule has 0 heterocycles.